The van der Waals surface area contributed by atoms with Gasteiger partial charge in [0.05, 0.1) is 11.6 Å². The Morgan fingerprint density at radius 1 is 0.897 bits per heavy atom. The maximum absolute atomic E-state index is 11.7. The minimum atomic E-state index is -0.509. The number of hydrogen-bond acceptors (Lipinski definition) is 4. The second-order valence-electron chi connectivity index (χ2n) is 8.03. The molecule has 4 nitrogen and oxygen atoms in total. The molecule has 3 aromatic rings. The average Bonchev–Trinajstić information content (AvgIpc) is 2.69. The van der Waals surface area contributed by atoms with E-state index in [-0.39, 0.29) is 12.6 Å². The molecule has 29 heavy (non-hydrogen) atoms. The molecule has 0 aliphatic rings. The minimum Gasteiger partial charge on any atom is -0.482 e. The number of ether oxygens (including phenoxy) is 2. The van der Waals surface area contributed by atoms with E-state index in [2.05, 4.69) is 24.3 Å². The first kappa shape index (κ1) is 20.4. The third-order valence-electron chi connectivity index (χ3n) is 4.44. The smallest absolute Gasteiger partial charge is 0.344 e. The predicted octanol–water partition coefficient (Wildman–Crippen LogP) is 5.22. The molecule has 3 aromatic carbocycles. The summed E-state index contributed by atoms with van der Waals surface area (Å²) in [7, 11) is 0. The topological polar surface area (TPSA) is 59.3 Å². The number of fused-ring (bicyclic) bond motifs is 1. The standard InChI is InChI=1S/C25H25NO3/c1-25(2,3)29-24(27)17-28-23-12-8-18(9-13-23)4-5-19-6-10-22-15-20(16-26)7-11-21(22)14-19/h6-15H,4-5,17H2,1-3H3. The van der Waals surface area contributed by atoms with Crippen LogP contribution in [0.25, 0.3) is 10.8 Å². The highest BCUT2D eigenvalue weighted by atomic mass is 16.6. The van der Waals surface area contributed by atoms with Gasteiger partial charge in [-0.05, 0) is 79.8 Å². The van der Waals surface area contributed by atoms with E-state index in [4.69, 9.17) is 14.7 Å². The van der Waals surface area contributed by atoms with Gasteiger partial charge in [-0.3, -0.25) is 0 Å². The fourth-order valence-electron chi connectivity index (χ4n) is 3.07. The Labute approximate surface area is 171 Å². The maximum atomic E-state index is 11.7. The Morgan fingerprint density at radius 2 is 1.52 bits per heavy atom. The average molecular weight is 387 g/mol. The van der Waals surface area contributed by atoms with Crippen molar-refractivity contribution in [1.29, 1.82) is 5.26 Å². The highest BCUT2D eigenvalue weighted by Crippen LogP contribution is 2.20. The SMILES string of the molecule is CC(C)(C)OC(=O)COc1ccc(CCc2ccc3cc(C#N)ccc3c2)cc1. The molecule has 0 fully saturated rings. The zero-order valence-electron chi connectivity index (χ0n) is 17.1. The van der Waals surface area contributed by atoms with E-state index in [1.165, 1.54) is 11.1 Å². The zero-order valence-corrected chi connectivity index (χ0v) is 17.1. The van der Waals surface area contributed by atoms with Gasteiger partial charge in [-0.2, -0.15) is 5.26 Å². The summed E-state index contributed by atoms with van der Waals surface area (Å²) in [6.45, 7) is 5.40. The molecule has 0 N–H and O–H groups in total. The van der Waals surface area contributed by atoms with E-state index in [1.54, 1.807) is 0 Å². The highest BCUT2D eigenvalue weighted by molar-refractivity contribution is 5.84. The summed E-state index contributed by atoms with van der Waals surface area (Å²) in [5.74, 6) is 0.276. The highest BCUT2D eigenvalue weighted by Gasteiger charge is 2.16. The van der Waals surface area contributed by atoms with Gasteiger partial charge >= 0.3 is 5.97 Å². The summed E-state index contributed by atoms with van der Waals surface area (Å²) in [4.78, 5) is 11.7. The summed E-state index contributed by atoms with van der Waals surface area (Å²) >= 11 is 0. The number of esters is 1. The number of nitriles is 1. The van der Waals surface area contributed by atoms with Gasteiger partial charge in [0.15, 0.2) is 6.61 Å². The lowest BCUT2D eigenvalue weighted by molar-refractivity contribution is -0.157. The third-order valence-corrected chi connectivity index (χ3v) is 4.44. The number of hydrogen-bond donors (Lipinski definition) is 0. The van der Waals surface area contributed by atoms with E-state index in [9.17, 15) is 4.79 Å². The van der Waals surface area contributed by atoms with Crippen molar-refractivity contribution in [2.45, 2.75) is 39.2 Å². The van der Waals surface area contributed by atoms with Crippen LogP contribution < -0.4 is 4.74 Å². The number of nitrogens with zero attached hydrogens (tertiary/aromatic N) is 1. The van der Waals surface area contributed by atoms with Crippen LogP contribution in [0.1, 0.15) is 37.5 Å². The molecule has 0 radical (unpaired) electrons. The third kappa shape index (κ3) is 6.08. The summed E-state index contributed by atoms with van der Waals surface area (Å²) in [6.07, 6.45) is 1.84. The summed E-state index contributed by atoms with van der Waals surface area (Å²) in [6, 6.07) is 22.1. The fourth-order valence-corrected chi connectivity index (χ4v) is 3.07. The van der Waals surface area contributed by atoms with Gasteiger partial charge in [-0.1, -0.05) is 36.4 Å². The molecule has 3 rings (SSSR count). The van der Waals surface area contributed by atoms with Crippen molar-refractivity contribution < 1.29 is 14.3 Å². The van der Waals surface area contributed by atoms with Gasteiger partial charge < -0.3 is 9.47 Å². The van der Waals surface area contributed by atoms with Gasteiger partial charge in [0.25, 0.3) is 0 Å². The van der Waals surface area contributed by atoms with Crippen LogP contribution >= 0.6 is 0 Å². The monoisotopic (exact) mass is 387 g/mol. The first-order valence-electron chi connectivity index (χ1n) is 9.69. The molecule has 0 heterocycles. The van der Waals surface area contributed by atoms with Crippen LogP contribution in [0, 0.1) is 11.3 Å². The van der Waals surface area contributed by atoms with Crippen LogP contribution in [0.5, 0.6) is 5.75 Å². The number of carbonyl (C=O) groups excluding carboxylic acids is 1. The molecule has 0 atom stereocenters. The van der Waals surface area contributed by atoms with Crippen molar-refractivity contribution in [1.82, 2.24) is 0 Å². The Morgan fingerprint density at radius 3 is 2.21 bits per heavy atom. The molecule has 0 saturated heterocycles. The van der Waals surface area contributed by atoms with Gasteiger partial charge in [-0.25, -0.2) is 4.79 Å². The number of benzene rings is 3. The Bertz CT molecular complexity index is 1040. The minimum absolute atomic E-state index is 0.0960. The van der Waals surface area contributed by atoms with E-state index < -0.39 is 5.60 Å². The largest absolute Gasteiger partial charge is 0.482 e. The van der Waals surface area contributed by atoms with Crippen LogP contribution in [-0.4, -0.2) is 18.2 Å². The molecular formula is C25H25NO3. The van der Waals surface area contributed by atoms with E-state index in [0.717, 1.165) is 23.6 Å². The van der Waals surface area contributed by atoms with E-state index >= 15 is 0 Å². The summed E-state index contributed by atoms with van der Waals surface area (Å²) in [5.41, 5.74) is 2.63. The summed E-state index contributed by atoms with van der Waals surface area (Å²) < 4.78 is 10.7. The molecular weight excluding hydrogens is 362 g/mol. The van der Waals surface area contributed by atoms with Crippen LogP contribution in [0.4, 0.5) is 0 Å². The van der Waals surface area contributed by atoms with Crippen molar-refractivity contribution in [3.8, 4) is 11.8 Å². The van der Waals surface area contributed by atoms with Crippen LogP contribution in [0.3, 0.4) is 0 Å². The fraction of sp³-hybridized carbons (Fsp3) is 0.280. The van der Waals surface area contributed by atoms with Gasteiger partial charge in [0.2, 0.25) is 0 Å². The molecule has 0 spiro atoms. The lowest BCUT2D eigenvalue weighted by atomic mass is 10.00. The van der Waals surface area contributed by atoms with Crippen molar-refractivity contribution >= 4 is 16.7 Å². The zero-order chi connectivity index (χ0) is 20.9. The van der Waals surface area contributed by atoms with Crippen molar-refractivity contribution in [3.63, 3.8) is 0 Å². The molecule has 0 amide bonds. The number of aryl methyl sites for hydroxylation is 2. The Hall–Kier alpha value is -3.32. The molecule has 0 saturated carbocycles. The van der Waals surface area contributed by atoms with Crippen molar-refractivity contribution in [2.24, 2.45) is 0 Å². The van der Waals surface area contributed by atoms with E-state index in [0.29, 0.717) is 11.3 Å². The lowest BCUT2D eigenvalue weighted by Crippen LogP contribution is -2.27. The second kappa shape index (κ2) is 8.79. The van der Waals surface area contributed by atoms with E-state index in [1.807, 2.05) is 63.2 Å². The predicted molar refractivity (Wildman–Crippen MR) is 114 cm³/mol. The number of carbonyl (C=O) groups is 1. The van der Waals surface area contributed by atoms with Crippen LogP contribution in [0.2, 0.25) is 0 Å². The molecule has 0 aromatic heterocycles. The molecule has 0 bridgehead atoms. The molecule has 0 unspecified atom stereocenters. The second-order valence-corrected chi connectivity index (χ2v) is 8.03. The lowest BCUT2D eigenvalue weighted by Gasteiger charge is -2.19. The van der Waals surface area contributed by atoms with Gasteiger partial charge in [-0.15, -0.1) is 0 Å². The van der Waals surface area contributed by atoms with Gasteiger partial charge in [0, 0.05) is 0 Å². The first-order chi connectivity index (χ1) is 13.8. The quantitative estimate of drug-likeness (QED) is 0.544. The van der Waals surface area contributed by atoms with Crippen LogP contribution in [0.15, 0.2) is 60.7 Å². The summed E-state index contributed by atoms with van der Waals surface area (Å²) in [5, 5.41) is 11.2. The normalized spacial score (nSPS) is 11.1. The van der Waals surface area contributed by atoms with Crippen molar-refractivity contribution in [2.75, 3.05) is 6.61 Å². The van der Waals surface area contributed by atoms with Gasteiger partial charge in [0.1, 0.15) is 11.4 Å². The first-order valence-corrected chi connectivity index (χ1v) is 9.69. The Balaban J connectivity index is 1.54. The molecule has 4 heteroatoms. The Kier molecular flexibility index (Phi) is 6.19. The molecule has 0 aliphatic heterocycles. The maximum Gasteiger partial charge on any atom is 0.344 e. The molecule has 0 aliphatic carbocycles. The van der Waals surface area contributed by atoms with Crippen molar-refractivity contribution in [3.05, 3.63) is 77.4 Å². The van der Waals surface area contributed by atoms with Crippen LogP contribution in [-0.2, 0) is 22.4 Å². The number of rotatable bonds is 6. The molecule has 148 valence electrons.